The number of phenols is 1. The Morgan fingerprint density at radius 1 is 1.11 bits per heavy atom. The van der Waals surface area contributed by atoms with E-state index in [0.29, 0.717) is 35.5 Å². The van der Waals surface area contributed by atoms with Crippen molar-refractivity contribution in [3.63, 3.8) is 0 Å². The lowest BCUT2D eigenvalue weighted by Gasteiger charge is -2.25. The van der Waals surface area contributed by atoms with E-state index in [0.717, 1.165) is 11.0 Å². The van der Waals surface area contributed by atoms with Gasteiger partial charge < -0.3 is 20.9 Å². The number of para-hydroxylation sites is 2. The van der Waals surface area contributed by atoms with Crippen molar-refractivity contribution in [2.45, 2.75) is 30.8 Å². The SMILES string of the molecule is CSc1ccc(NC(=O)O[C@H](c2ccc(O)c(F)c2)[C@H](C)CC/C=C/C(=O)Nc2ccccc2N)cc1. The fourth-order valence-corrected chi connectivity index (χ4v) is 4.04. The molecule has 0 aliphatic rings. The van der Waals surface area contributed by atoms with Crippen molar-refractivity contribution in [1.82, 2.24) is 0 Å². The second-order valence-electron chi connectivity index (χ2n) is 8.42. The van der Waals surface area contributed by atoms with Crippen LogP contribution in [0.15, 0.2) is 83.8 Å². The zero-order chi connectivity index (χ0) is 26.8. The van der Waals surface area contributed by atoms with Gasteiger partial charge in [-0.25, -0.2) is 9.18 Å². The van der Waals surface area contributed by atoms with Gasteiger partial charge in [0.15, 0.2) is 11.6 Å². The standard InChI is InChI=1S/C28H30FN3O4S/c1-18(7-3-6-10-26(34)32-24-9-5-4-8-23(24)30)27(19-11-16-25(33)22(29)17-19)36-28(35)31-20-12-14-21(37-2)15-13-20/h4-6,8-18,27,33H,3,7,30H2,1-2H3,(H,31,35)(H,32,34)/b10-6+/t18-,27+/m1/s1. The smallest absolute Gasteiger partial charge is 0.412 e. The molecule has 9 heteroatoms. The molecule has 0 spiro atoms. The molecule has 2 amide bonds. The van der Waals surface area contributed by atoms with Crippen LogP contribution in [-0.4, -0.2) is 23.4 Å². The Labute approximate surface area is 219 Å². The Kier molecular flexibility index (Phi) is 9.97. The van der Waals surface area contributed by atoms with Gasteiger partial charge in [0.2, 0.25) is 5.91 Å². The number of allylic oxidation sites excluding steroid dienone is 1. The normalized spacial score (nSPS) is 12.6. The second kappa shape index (κ2) is 13.4. The summed E-state index contributed by atoms with van der Waals surface area (Å²) in [6.07, 6.45) is 4.68. The minimum Gasteiger partial charge on any atom is -0.505 e. The number of nitrogen functional groups attached to an aromatic ring is 1. The number of rotatable bonds is 10. The number of carbonyl (C=O) groups excluding carboxylic acids is 2. The predicted octanol–water partition coefficient (Wildman–Crippen LogP) is 6.74. The molecule has 2 atom stereocenters. The van der Waals surface area contributed by atoms with Crippen molar-refractivity contribution in [3.05, 3.63) is 90.3 Å². The molecule has 0 saturated carbocycles. The summed E-state index contributed by atoms with van der Waals surface area (Å²) >= 11 is 1.59. The number of amides is 2. The number of nitrogens with one attached hydrogen (secondary N) is 2. The van der Waals surface area contributed by atoms with Crippen molar-refractivity contribution in [1.29, 1.82) is 0 Å². The third-order valence-corrected chi connectivity index (χ3v) is 6.41. The summed E-state index contributed by atoms with van der Waals surface area (Å²) in [5, 5.41) is 15.0. The summed E-state index contributed by atoms with van der Waals surface area (Å²) in [4.78, 5) is 25.9. The molecule has 5 N–H and O–H groups in total. The highest BCUT2D eigenvalue weighted by Gasteiger charge is 2.24. The lowest BCUT2D eigenvalue weighted by Crippen LogP contribution is -2.22. The number of halogens is 1. The molecule has 0 bridgehead atoms. The van der Waals surface area contributed by atoms with E-state index in [9.17, 15) is 19.1 Å². The molecular formula is C28H30FN3O4S. The zero-order valence-corrected chi connectivity index (χ0v) is 21.4. The fourth-order valence-electron chi connectivity index (χ4n) is 3.64. The number of aromatic hydroxyl groups is 1. The molecule has 0 radical (unpaired) electrons. The van der Waals surface area contributed by atoms with Gasteiger partial charge in [-0.1, -0.05) is 31.2 Å². The van der Waals surface area contributed by atoms with Crippen LogP contribution in [0.25, 0.3) is 0 Å². The average Bonchev–Trinajstić information content (AvgIpc) is 2.88. The molecule has 3 aromatic carbocycles. The summed E-state index contributed by atoms with van der Waals surface area (Å²) in [5.74, 6) is -1.83. The maximum absolute atomic E-state index is 14.1. The van der Waals surface area contributed by atoms with Crippen LogP contribution in [0.3, 0.4) is 0 Å². The molecule has 0 fully saturated rings. The molecule has 37 heavy (non-hydrogen) atoms. The summed E-state index contributed by atoms with van der Waals surface area (Å²) in [6, 6.07) is 18.2. The topological polar surface area (TPSA) is 114 Å². The van der Waals surface area contributed by atoms with E-state index in [1.54, 1.807) is 54.2 Å². The van der Waals surface area contributed by atoms with Crippen molar-refractivity contribution in [2.24, 2.45) is 5.92 Å². The maximum Gasteiger partial charge on any atom is 0.412 e. The molecule has 0 aromatic heterocycles. The molecule has 0 saturated heterocycles. The van der Waals surface area contributed by atoms with E-state index in [2.05, 4.69) is 10.6 Å². The number of hydrogen-bond donors (Lipinski definition) is 4. The van der Waals surface area contributed by atoms with Crippen LogP contribution in [0.5, 0.6) is 5.75 Å². The minimum atomic E-state index is -0.803. The average molecular weight is 524 g/mol. The number of hydrogen-bond acceptors (Lipinski definition) is 6. The van der Waals surface area contributed by atoms with Gasteiger partial charge in [-0.3, -0.25) is 10.1 Å². The number of anilines is 3. The molecule has 3 rings (SSSR count). The predicted molar refractivity (Wildman–Crippen MR) is 146 cm³/mol. The molecule has 7 nitrogen and oxygen atoms in total. The van der Waals surface area contributed by atoms with Gasteiger partial charge >= 0.3 is 6.09 Å². The van der Waals surface area contributed by atoms with Crippen LogP contribution in [0.4, 0.5) is 26.2 Å². The number of thioether (sulfide) groups is 1. The molecule has 0 aliphatic heterocycles. The first kappa shape index (κ1) is 27.6. The van der Waals surface area contributed by atoms with Crippen molar-refractivity contribution < 1.29 is 23.8 Å². The van der Waals surface area contributed by atoms with E-state index in [4.69, 9.17) is 10.5 Å². The van der Waals surface area contributed by atoms with Crippen LogP contribution < -0.4 is 16.4 Å². The van der Waals surface area contributed by atoms with Crippen LogP contribution in [0.2, 0.25) is 0 Å². The summed E-state index contributed by atoms with van der Waals surface area (Å²) in [6.45, 7) is 1.87. The molecule has 194 valence electrons. The zero-order valence-electron chi connectivity index (χ0n) is 20.6. The van der Waals surface area contributed by atoms with Crippen molar-refractivity contribution >= 4 is 40.8 Å². The van der Waals surface area contributed by atoms with E-state index in [1.807, 2.05) is 25.3 Å². The first-order valence-corrected chi connectivity index (χ1v) is 12.9. The Morgan fingerprint density at radius 2 is 1.84 bits per heavy atom. The highest BCUT2D eigenvalue weighted by molar-refractivity contribution is 7.98. The monoisotopic (exact) mass is 523 g/mol. The van der Waals surface area contributed by atoms with E-state index in [1.165, 1.54) is 18.2 Å². The third-order valence-electron chi connectivity index (χ3n) is 5.66. The Hall–Kier alpha value is -3.98. The number of ether oxygens (including phenoxy) is 1. The third kappa shape index (κ3) is 8.28. The van der Waals surface area contributed by atoms with Gasteiger partial charge in [-0.2, -0.15) is 0 Å². The van der Waals surface area contributed by atoms with E-state index in [-0.39, 0.29) is 11.8 Å². The van der Waals surface area contributed by atoms with Gasteiger partial charge in [-0.15, -0.1) is 11.8 Å². The van der Waals surface area contributed by atoms with Crippen molar-refractivity contribution in [2.75, 3.05) is 22.6 Å². The second-order valence-corrected chi connectivity index (χ2v) is 9.30. The van der Waals surface area contributed by atoms with E-state index < -0.39 is 23.8 Å². The molecular weight excluding hydrogens is 493 g/mol. The quantitative estimate of drug-likeness (QED) is 0.133. The van der Waals surface area contributed by atoms with Crippen molar-refractivity contribution in [3.8, 4) is 5.75 Å². The minimum absolute atomic E-state index is 0.231. The van der Waals surface area contributed by atoms with Gasteiger partial charge in [-0.05, 0) is 85.2 Å². The Balaban J connectivity index is 1.63. The summed E-state index contributed by atoms with van der Waals surface area (Å²) < 4.78 is 19.8. The number of phenolic OH excluding ortho intramolecular Hbond substituents is 1. The molecule has 0 aliphatic carbocycles. The van der Waals surface area contributed by atoms with Gasteiger partial charge in [0.05, 0.1) is 11.4 Å². The number of benzene rings is 3. The Bertz CT molecular complexity index is 1250. The largest absolute Gasteiger partial charge is 0.505 e. The Morgan fingerprint density at radius 3 is 2.51 bits per heavy atom. The fraction of sp³-hybridized carbons (Fsp3) is 0.214. The van der Waals surface area contributed by atoms with Gasteiger partial charge in [0.25, 0.3) is 0 Å². The van der Waals surface area contributed by atoms with Crippen LogP contribution in [0.1, 0.15) is 31.4 Å². The first-order chi connectivity index (χ1) is 17.8. The summed E-state index contributed by atoms with van der Waals surface area (Å²) in [7, 11) is 0. The number of nitrogens with two attached hydrogens (primary N) is 1. The number of carbonyl (C=O) groups is 2. The maximum atomic E-state index is 14.1. The highest BCUT2D eigenvalue weighted by Crippen LogP contribution is 2.32. The first-order valence-electron chi connectivity index (χ1n) is 11.7. The lowest BCUT2D eigenvalue weighted by molar-refractivity contribution is -0.111. The molecule has 3 aromatic rings. The molecule has 0 unspecified atom stereocenters. The van der Waals surface area contributed by atoms with Crippen LogP contribution >= 0.6 is 11.8 Å². The molecule has 0 heterocycles. The van der Waals surface area contributed by atoms with Crippen LogP contribution in [0, 0.1) is 11.7 Å². The van der Waals surface area contributed by atoms with Crippen LogP contribution in [-0.2, 0) is 9.53 Å². The van der Waals surface area contributed by atoms with Gasteiger partial charge in [0.1, 0.15) is 6.10 Å². The lowest BCUT2D eigenvalue weighted by atomic mass is 9.93. The highest BCUT2D eigenvalue weighted by atomic mass is 32.2. The summed E-state index contributed by atoms with van der Waals surface area (Å²) in [5.41, 5.74) is 7.83. The van der Waals surface area contributed by atoms with Gasteiger partial charge in [0, 0.05) is 10.6 Å². The van der Waals surface area contributed by atoms with E-state index >= 15 is 0 Å².